The molecule has 5 nitrogen and oxygen atoms in total. The van der Waals surface area contributed by atoms with Gasteiger partial charge in [-0.05, 0) is 65.2 Å². The predicted octanol–water partition coefficient (Wildman–Crippen LogP) is 5.75. The Balaban J connectivity index is 1.37. The number of para-hydroxylation sites is 1. The number of ether oxygens (including phenoxy) is 1. The number of fused-ring (bicyclic) bond motifs is 1. The maximum absolute atomic E-state index is 13.4. The Labute approximate surface area is 201 Å². The minimum absolute atomic E-state index is 0.297. The van der Waals surface area contributed by atoms with Gasteiger partial charge in [-0.2, -0.15) is 0 Å². The molecule has 0 amide bonds. The molecule has 172 valence electrons. The topological polar surface area (TPSA) is 57.0 Å². The molecule has 3 aromatic carbocycles. The summed E-state index contributed by atoms with van der Waals surface area (Å²) < 4.78 is 20.9. The highest BCUT2D eigenvalue weighted by molar-refractivity contribution is 5.81. The maximum atomic E-state index is 13.4. The molecule has 0 N–H and O–H groups in total. The van der Waals surface area contributed by atoms with E-state index in [4.69, 9.17) is 4.74 Å². The lowest BCUT2D eigenvalue weighted by atomic mass is 10.0. The highest BCUT2D eigenvalue weighted by atomic mass is 19.1. The molecule has 35 heavy (non-hydrogen) atoms. The van der Waals surface area contributed by atoms with Crippen molar-refractivity contribution >= 4 is 22.6 Å². The maximum Gasteiger partial charge on any atom is 0.347 e. The summed E-state index contributed by atoms with van der Waals surface area (Å²) in [5, 5.41) is 1.09. The molecule has 2 aromatic heterocycles. The first kappa shape index (κ1) is 22.2. The molecule has 0 aliphatic carbocycles. The Morgan fingerprint density at radius 3 is 2.51 bits per heavy atom. The first-order chi connectivity index (χ1) is 17.1. The second-order valence-electron chi connectivity index (χ2n) is 8.06. The molecule has 5 aromatic rings. The van der Waals surface area contributed by atoms with E-state index in [1.165, 1.54) is 22.9 Å². The molecule has 6 heteroatoms. The quantitative estimate of drug-likeness (QED) is 0.288. The second kappa shape index (κ2) is 10.1. The Bertz CT molecular complexity index is 1540. The van der Waals surface area contributed by atoms with Gasteiger partial charge < -0.3 is 4.74 Å². The molecular formula is C29H22FN3O2. The molecule has 0 bridgehead atoms. The number of halogens is 1. The van der Waals surface area contributed by atoms with Gasteiger partial charge in [0.2, 0.25) is 0 Å². The minimum atomic E-state index is -0.333. The normalized spacial score (nSPS) is 11.5. The number of pyridine rings is 1. The number of rotatable bonds is 7. The summed E-state index contributed by atoms with van der Waals surface area (Å²) in [5.74, 6) is 0.415. The van der Waals surface area contributed by atoms with E-state index in [9.17, 15) is 9.18 Å². The van der Waals surface area contributed by atoms with Crippen LogP contribution in [-0.4, -0.2) is 14.5 Å². The van der Waals surface area contributed by atoms with Crippen molar-refractivity contribution in [2.24, 2.45) is 0 Å². The van der Waals surface area contributed by atoms with Crippen LogP contribution in [0.1, 0.15) is 16.8 Å². The minimum Gasteiger partial charge on any atom is -0.487 e. The summed E-state index contributed by atoms with van der Waals surface area (Å²) in [7, 11) is 0. The van der Waals surface area contributed by atoms with E-state index < -0.39 is 0 Å². The number of aromatic nitrogens is 3. The Kier molecular flexibility index (Phi) is 6.44. The van der Waals surface area contributed by atoms with Crippen LogP contribution in [-0.2, 0) is 13.2 Å². The van der Waals surface area contributed by atoms with Gasteiger partial charge in [-0.25, -0.2) is 19.2 Å². The van der Waals surface area contributed by atoms with Crippen molar-refractivity contribution in [2.45, 2.75) is 13.2 Å². The fourth-order valence-corrected chi connectivity index (χ4v) is 3.78. The van der Waals surface area contributed by atoms with Gasteiger partial charge >= 0.3 is 5.69 Å². The molecule has 2 heterocycles. The molecule has 0 spiro atoms. The van der Waals surface area contributed by atoms with E-state index in [-0.39, 0.29) is 11.5 Å². The average Bonchev–Trinajstić information content (AvgIpc) is 2.90. The van der Waals surface area contributed by atoms with Crippen molar-refractivity contribution in [1.82, 2.24) is 14.5 Å². The highest BCUT2D eigenvalue weighted by Crippen LogP contribution is 2.23. The number of hydrogen-bond acceptors (Lipinski definition) is 4. The third-order valence-corrected chi connectivity index (χ3v) is 5.60. The van der Waals surface area contributed by atoms with Crippen molar-refractivity contribution in [2.75, 3.05) is 0 Å². The first-order valence-corrected chi connectivity index (χ1v) is 11.2. The van der Waals surface area contributed by atoms with Gasteiger partial charge in [-0.1, -0.05) is 48.5 Å². The number of hydrogen-bond donors (Lipinski definition) is 0. The zero-order valence-corrected chi connectivity index (χ0v) is 18.8. The van der Waals surface area contributed by atoms with Crippen LogP contribution in [0.5, 0.6) is 5.75 Å². The van der Waals surface area contributed by atoms with Crippen molar-refractivity contribution in [3.8, 4) is 5.75 Å². The van der Waals surface area contributed by atoms with Crippen LogP contribution < -0.4 is 10.4 Å². The monoisotopic (exact) mass is 463 g/mol. The SMILES string of the molecule is O=c1ncccn1C/C(=C/c1ccc(F)cc1)c1ccc(OCc2ccc3ccccc3n2)cc1. The average molecular weight is 464 g/mol. The molecule has 0 saturated carbocycles. The Hall–Kier alpha value is -4.58. The molecule has 0 atom stereocenters. The van der Waals surface area contributed by atoms with Gasteiger partial charge in [-0.3, -0.25) is 4.57 Å². The smallest absolute Gasteiger partial charge is 0.347 e. The van der Waals surface area contributed by atoms with Crippen molar-refractivity contribution in [1.29, 1.82) is 0 Å². The van der Waals surface area contributed by atoms with Crippen LogP contribution in [0.3, 0.4) is 0 Å². The van der Waals surface area contributed by atoms with Crippen LogP contribution in [0.2, 0.25) is 0 Å². The van der Waals surface area contributed by atoms with Gasteiger partial charge in [0, 0.05) is 17.8 Å². The summed E-state index contributed by atoms with van der Waals surface area (Å²) in [6.07, 6.45) is 5.11. The van der Waals surface area contributed by atoms with Crippen LogP contribution in [0.15, 0.2) is 108 Å². The fraction of sp³-hybridized carbons (Fsp3) is 0.0690. The van der Waals surface area contributed by atoms with E-state index in [1.807, 2.05) is 66.7 Å². The van der Waals surface area contributed by atoms with E-state index in [1.54, 1.807) is 24.4 Å². The molecule has 0 aliphatic heterocycles. The Morgan fingerprint density at radius 2 is 1.71 bits per heavy atom. The fourth-order valence-electron chi connectivity index (χ4n) is 3.78. The molecule has 0 aliphatic rings. The van der Waals surface area contributed by atoms with E-state index in [2.05, 4.69) is 9.97 Å². The highest BCUT2D eigenvalue weighted by Gasteiger charge is 2.07. The van der Waals surface area contributed by atoms with Crippen LogP contribution in [0.25, 0.3) is 22.6 Å². The largest absolute Gasteiger partial charge is 0.487 e. The summed E-state index contributed by atoms with van der Waals surface area (Å²) >= 11 is 0. The predicted molar refractivity (Wildman–Crippen MR) is 135 cm³/mol. The van der Waals surface area contributed by atoms with Crippen molar-refractivity contribution in [3.05, 3.63) is 137 Å². The lowest BCUT2D eigenvalue weighted by molar-refractivity contribution is 0.302. The van der Waals surface area contributed by atoms with E-state index in [0.717, 1.165) is 33.3 Å². The third-order valence-electron chi connectivity index (χ3n) is 5.60. The van der Waals surface area contributed by atoms with Gasteiger partial charge in [0.15, 0.2) is 0 Å². The van der Waals surface area contributed by atoms with E-state index in [0.29, 0.717) is 18.9 Å². The molecular weight excluding hydrogens is 441 g/mol. The van der Waals surface area contributed by atoms with Gasteiger partial charge in [0.25, 0.3) is 0 Å². The molecule has 5 rings (SSSR count). The van der Waals surface area contributed by atoms with Crippen LogP contribution in [0, 0.1) is 5.82 Å². The zero-order valence-electron chi connectivity index (χ0n) is 18.8. The number of allylic oxidation sites excluding steroid dienone is 1. The lowest BCUT2D eigenvalue weighted by Crippen LogP contribution is -2.22. The number of benzene rings is 3. The van der Waals surface area contributed by atoms with Crippen LogP contribution >= 0.6 is 0 Å². The van der Waals surface area contributed by atoms with Crippen molar-refractivity contribution < 1.29 is 9.13 Å². The summed E-state index contributed by atoms with van der Waals surface area (Å²) in [6.45, 7) is 0.679. The van der Waals surface area contributed by atoms with Crippen molar-refractivity contribution in [3.63, 3.8) is 0 Å². The molecule has 0 saturated heterocycles. The molecule has 0 unspecified atom stereocenters. The standard InChI is InChI=1S/C29H22FN3O2/c30-25-11-6-21(7-12-25)18-24(19-33-17-3-16-31-29(33)34)22-9-14-27(15-10-22)35-20-26-13-8-23-4-1-2-5-28(23)32-26/h1-18H,19-20H2/b24-18-. The second-order valence-corrected chi connectivity index (χ2v) is 8.06. The van der Waals surface area contributed by atoms with E-state index >= 15 is 0 Å². The number of nitrogens with zero attached hydrogens (tertiary/aromatic N) is 3. The van der Waals surface area contributed by atoms with Crippen LogP contribution in [0.4, 0.5) is 4.39 Å². The van der Waals surface area contributed by atoms with Gasteiger partial charge in [0.1, 0.15) is 18.2 Å². The summed E-state index contributed by atoms with van der Waals surface area (Å²) in [6, 6.07) is 27.6. The molecule has 0 fully saturated rings. The lowest BCUT2D eigenvalue weighted by Gasteiger charge is -2.12. The molecule has 0 radical (unpaired) electrons. The Morgan fingerprint density at radius 1 is 0.914 bits per heavy atom. The summed E-state index contributed by atoms with van der Waals surface area (Å²) in [4.78, 5) is 20.7. The van der Waals surface area contributed by atoms with Gasteiger partial charge in [-0.15, -0.1) is 0 Å². The first-order valence-electron chi connectivity index (χ1n) is 11.2. The summed E-state index contributed by atoms with van der Waals surface area (Å²) in [5.41, 5.74) is 4.09. The van der Waals surface area contributed by atoms with Gasteiger partial charge in [0.05, 0.1) is 17.8 Å². The zero-order chi connectivity index (χ0) is 24.0. The third kappa shape index (κ3) is 5.50.